The Kier molecular flexibility index (Phi) is 6.53. The largest absolute Gasteiger partial charge is 0.478 e. The second-order valence-corrected chi connectivity index (χ2v) is 9.58. The molecule has 2 fully saturated rings. The summed E-state index contributed by atoms with van der Waals surface area (Å²) in [6.45, 7) is 3.21. The van der Waals surface area contributed by atoms with Crippen molar-refractivity contribution in [2.75, 3.05) is 36.1 Å². The molecule has 8 nitrogen and oxygen atoms in total. The summed E-state index contributed by atoms with van der Waals surface area (Å²) in [6, 6.07) is 24.2. The van der Waals surface area contributed by atoms with E-state index in [9.17, 15) is 9.90 Å². The van der Waals surface area contributed by atoms with Crippen LogP contribution in [0.15, 0.2) is 89.5 Å². The number of morpholine rings is 1. The smallest absolute Gasteiger partial charge is 0.335 e. The lowest BCUT2D eigenvalue weighted by Crippen LogP contribution is -2.36. The highest BCUT2D eigenvalue weighted by Gasteiger charge is 2.42. The number of rotatable bonds is 6. The monoisotopic (exact) mass is 526 g/mol. The number of nitrogens with zero attached hydrogens (tertiary/aromatic N) is 3. The van der Waals surface area contributed by atoms with Crippen molar-refractivity contribution in [3.8, 4) is 11.3 Å². The van der Waals surface area contributed by atoms with E-state index in [1.54, 1.807) is 30.5 Å². The maximum atomic E-state index is 11.2. The minimum absolute atomic E-state index is 0.226. The van der Waals surface area contributed by atoms with E-state index in [0.717, 1.165) is 54.7 Å². The molecule has 0 bridgehead atoms. The maximum Gasteiger partial charge on any atom is 0.335 e. The molecule has 2 aliphatic heterocycles. The minimum atomic E-state index is -0.962. The lowest BCUT2D eigenvalue weighted by atomic mass is 10.0. The Bertz CT molecular complexity index is 1430. The molecular formula is C29H26N4O4S. The van der Waals surface area contributed by atoms with Gasteiger partial charge in [0, 0.05) is 36.2 Å². The zero-order chi connectivity index (χ0) is 26.1. The minimum Gasteiger partial charge on any atom is -0.478 e. The zero-order valence-corrected chi connectivity index (χ0v) is 21.3. The fourth-order valence-electron chi connectivity index (χ4n) is 5.01. The Morgan fingerprint density at radius 3 is 2.37 bits per heavy atom. The van der Waals surface area contributed by atoms with Crippen molar-refractivity contribution < 1.29 is 19.1 Å². The van der Waals surface area contributed by atoms with Crippen LogP contribution >= 0.6 is 12.2 Å². The molecule has 6 rings (SSSR count). The Balaban J connectivity index is 1.35. The van der Waals surface area contributed by atoms with Gasteiger partial charge >= 0.3 is 5.97 Å². The van der Waals surface area contributed by atoms with Crippen molar-refractivity contribution in [2.24, 2.45) is 0 Å². The number of pyridine rings is 1. The summed E-state index contributed by atoms with van der Waals surface area (Å²) >= 11 is 5.84. The second-order valence-electron chi connectivity index (χ2n) is 9.20. The van der Waals surface area contributed by atoms with Gasteiger partial charge in [-0.25, -0.2) is 4.79 Å². The van der Waals surface area contributed by atoms with Crippen LogP contribution in [0.1, 0.15) is 33.9 Å². The van der Waals surface area contributed by atoms with Gasteiger partial charge in [0.15, 0.2) is 5.11 Å². The van der Waals surface area contributed by atoms with Crippen LogP contribution in [-0.2, 0) is 4.74 Å². The van der Waals surface area contributed by atoms with Crippen molar-refractivity contribution in [1.29, 1.82) is 0 Å². The van der Waals surface area contributed by atoms with Gasteiger partial charge in [-0.3, -0.25) is 4.98 Å². The van der Waals surface area contributed by atoms with E-state index in [2.05, 4.69) is 44.4 Å². The van der Waals surface area contributed by atoms with Crippen molar-refractivity contribution in [3.63, 3.8) is 0 Å². The van der Waals surface area contributed by atoms with Crippen LogP contribution < -0.4 is 15.1 Å². The van der Waals surface area contributed by atoms with E-state index in [1.807, 2.05) is 30.3 Å². The molecule has 0 spiro atoms. The van der Waals surface area contributed by atoms with Crippen molar-refractivity contribution in [3.05, 3.63) is 102 Å². The quantitative estimate of drug-likeness (QED) is 0.335. The Labute approximate surface area is 225 Å². The molecular weight excluding hydrogens is 500 g/mol. The molecule has 4 aromatic rings. The fraction of sp³-hybridized carbons (Fsp3) is 0.207. The number of aromatic nitrogens is 1. The summed E-state index contributed by atoms with van der Waals surface area (Å²) in [5, 5.41) is 13.3. The van der Waals surface area contributed by atoms with Crippen LogP contribution in [-0.4, -0.2) is 47.5 Å². The van der Waals surface area contributed by atoms with Crippen molar-refractivity contribution >= 4 is 34.7 Å². The summed E-state index contributed by atoms with van der Waals surface area (Å²) in [5.41, 5.74) is 3.99. The molecule has 2 aromatic carbocycles. The lowest BCUT2D eigenvalue weighted by molar-refractivity contribution is 0.0697. The summed E-state index contributed by atoms with van der Waals surface area (Å²) in [5.74, 6) is 0.412. The predicted molar refractivity (Wildman–Crippen MR) is 149 cm³/mol. The topological polar surface area (TPSA) is 91.1 Å². The van der Waals surface area contributed by atoms with Gasteiger partial charge < -0.3 is 29.4 Å². The van der Waals surface area contributed by atoms with E-state index >= 15 is 0 Å². The Morgan fingerprint density at radius 1 is 0.947 bits per heavy atom. The summed E-state index contributed by atoms with van der Waals surface area (Å²) in [7, 11) is 0. The van der Waals surface area contributed by atoms with E-state index in [0.29, 0.717) is 10.9 Å². The van der Waals surface area contributed by atoms with Crippen LogP contribution in [0.2, 0.25) is 0 Å². The molecule has 0 radical (unpaired) electrons. The normalized spacial score (nSPS) is 19.4. The molecule has 0 amide bonds. The van der Waals surface area contributed by atoms with Gasteiger partial charge in [0.25, 0.3) is 0 Å². The Hall–Kier alpha value is -4.21. The number of benzene rings is 2. The van der Waals surface area contributed by atoms with Crippen molar-refractivity contribution in [1.82, 2.24) is 10.3 Å². The van der Waals surface area contributed by atoms with Gasteiger partial charge in [-0.05, 0) is 72.9 Å². The molecule has 2 N–H and O–H groups in total. The lowest BCUT2D eigenvalue weighted by Gasteiger charge is -2.30. The molecule has 192 valence electrons. The molecule has 9 heteroatoms. The number of aromatic carboxylic acids is 1. The molecule has 4 heterocycles. The number of carboxylic acids is 1. The maximum absolute atomic E-state index is 11.2. The number of ether oxygens (including phenoxy) is 1. The van der Waals surface area contributed by atoms with Gasteiger partial charge in [0.1, 0.15) is 17.6 Å². The molecule has 2 saturated heterocycles. The number of anilines is 2. The first-order valence-electron chi connectivity index (χ1n) is 12.5. The standard InChI is InChI=1S/C29H26N4O4S/c34-28(35)20-6-4-19(5-7-20)24-12-13-25(37-24)27-26(23-3-1-2-14-30-23)31-29(38)33(27)22-10-8-21(9-11-22)32-15-17-36-18-16-32/h1-14,26-27H,15-18H2,(H,31,38)(H,34,35)/t26-,27+/m0/s1. The summed E-state index contributed by atoms with van der Waals surface area (Å²) < 4.78 is 11.9. The molecule has 38 heavy (non-hydrogen) atoms. The third-order valence-electron chi connectivity index (χ3n) is 6.94. The number of hydrogen-bond acceptors (Lipinski definition) is 6. The number of hydrogen-bond donors (Lipinski definition) is 2. The van der Waals surface area contributed by atoms with Crippen LogP contribution in [0.5, 0.6) is 0 Å². The van der Waals surface area contributed by atoms with E-state index in [1.165, 1.54) is 0 Å². The molecule has 0 aliphatic carbocycles. The van der Waals surface area contributed by atoms with E-state index < -0.39 is 5.97 Å². The Morgan fingerprint density at radius 2 is 1.68 bits per heavy atom. The van der Waals surface area contributed by atoms with Crippen molar-refractivity contribution in [2.45, 2.75) is 12.1 Å². The number of carboxylic acid groups (broad SMARTS) is 1. The highest BCUT2D eigenvalue weighted by Crippen LogP contribution is 2.43. The molecule has 2 aromatic heterocycles. The van der Waals surface area contributed by atoms with Gasteiger partial charge in [-0.1, -0.05) is 18.2 Å². The third-order valence-corrected chi connectivity index (χ3v) is 7.25. The van der Waals surface area contributed by atoms with Gasteiger partial charge in [0.2, 0.25) is 0 Å². The number of thiocarbonyl (C=S) groups is 1. The SMILES string of the molecule is O=C(O)c1ccc(-c2ccc([C@@H]3[C@H](c4ccccn4)NC(=S)N3c3ccc(N4CCOCC4)cc3)o2)cc1. The zero-order valence-electron chi connectivity index (χ0n) is 20.5. The molecule has 0 unspecified atom stereocenters. The highest BCUT2D eigenvalue weighted by atomic mass is 32.1. The van der Waals surface area contributed by atoms with Gasteiger partial charge in [0.05, 0.1) is 30.5 Å². The average Bonchev–Trinajstić information content (AvgIpc) is 3.59. The predicted octanol–water partition coefficient (Wildman–Crippen LogP) is 5.05. The first-order valence-corrected chi connectivity index (χ1v) is 12.9. The first kappa shape index (κ1) is 24.1. The van der Waals surface area contributed by atoms with Crippen LogP contribution in [0.3, 0.4) is 0 Å². The van der Waals surface area contributed by atoms with E-state index in [4.69, 9.17) is 21.4 Å². The number of furan rings is 1. The number of carbonyl (C=O) groups is 1. The van der Waals surface area contributed by atoms with Crippen LogP contribution in [0.4, 0.5) is 11.4 Å². The van der Waals surface area contributed by atoms with E-state index in [-0.39, 0.29) is 17.6 Å². The average molecular weight is 527 g/mol. The first-order chi connectivity index (χ1) is 18.6. The highest BCUT2D eigenvalue weighted by molar-refractivity contribution is 7.80. The summed E-state index contributed by atoms with van der Waals surface area (Å²) in [4.78, 5) is 20.2. The van der Waals surface area contributed by atoms with Crippen LogP contribution in [0, 0.1) is 0 Å². The summed E-state index contributed by atoms with van der Waals surface area (Å²) in [6.07, 6.45) is 1.77. The third kappa shape index (κ3) is 4.62. The van der Waals surface area contributed by atoms with Gasteiger partial charge in [-0.2, -0.15) is 0 Å². The molecule has 2 atom stereocenters. The fourth-order valence-corrected chi connectivity index (χ4v) is 5.36. The molecule has 0 saturated carbocycles. The van der Waals surface area contributed by atoms with Gasteiger partial charge in [-0.15, -0.1) is 0 Å². The number of nitrogens with one attached hydrogen (secondary N) is 1. The van der Waals surface area contributed by atoms with Crippen LogP contribution in [0.25, 0.3) is 11.3 Å². The second kappa shape index (κ2) is 10.3. The molecule has 2 aliphatic rings.